The van der Waals surface area contributed by atoms with E-state index in [0.29, 0.717) is 22.7 Å². The third-order valence-electron chi connectivity index (χ3n) is 4.80. The Morgan fingerprint density at radius 2 is 1.75 bits per heavy atom. The second kappa shape index (κ2) is 8.20. The Kier molecular flexibility index (Phi) is 5.90. The Hall–Kier alpha value is -2.58. The summed E-state index contributed by atoms with van der Waals surface area (Å²) in [7, 11) is -0.357. The number of sulfone groups is 1. The molecule has 0 saturated carbocycles. The first-order valence-electron chi connectivity index (χ1n) is 8.80. The number of hydrogen-bond donors (Lipinski definition) is 1. The van der Waals surface area contributed by atoms with Gasteiger partial charge in [0.1, 0.15) is 0 Å². The largest absolute Gasteiger partial charge is 0.493 e. The van der Waals surface area contributed by atoms with E-state index in [4.69, 9.17) is 9.47 Å². The summed E-state index contributed by atoms with van der Waals surface area (Å²) in [6.07, 6.45) is -1.05. The van der Waals surface area contributed by atoms with Gasteiger partial charge in [-0.25, -0.2) is 8.42 Å². The second-order valence-corrected chi connectivity index (χ2v) is 8.82. The number of Topliss-reactive ketones (excluding diaryl/α,β-unsaturated/α-hetero) is 1. The van der Waals surface area contributed by atoms with Crippen LogP contribution in [-0.4, -0.2) is 63.7 Å². The molecule has 0 spiro atoms. The average Bonchev–Trinajstić information content (AvgIpc) is 2.97. The molecule has 3 rings (SSSR count). The lowest BCUT2D eigenvalue weighted by atomic mass is 10.1. The number of carbonyl (C=O) groups excluding carboxylic acids is 1. The Balaban J connectivity index is 1.91. The Morgan fingerprint density at radius 3 is 2.32 bits per heavy atom. The predicted octanol–water partition coefficient (Wildman–Crippen LogP) is 1.55. The van der Waals surface area contributed by atoms with Crippen LogP contribution >= 0.6 is 0 Å². The van der Waals surface area contributed by atoms with Gasteiger partial charge in [-0.05, 0) is 30.3 Å². The van der Waals surface area contributed by atoms with E-state index in [0.717, 1.165) is 0 Å². The third-order valence-corrected chi connectivity index (χ3v) is 6.50. The van der Waals surface area contributed by atoms with Crippen molar-refractivity contribution in [1.82, 2.24) is 0 Å². The van der Waals surface area contributed by atoms with E-state index >= 15 is 0 Å². The van der Waals surface area contributed by atoms with Gasteiger partial charge >= 0.3 is 0 Å². The van der Waals surface area contributed by atoms with Gasteiger partial charge in [-0.1, -0.05) is 18.2 Å². The third kappa shape index (κ3) is 4.28. The number of benzene rings is 2. The van der Waals surface area contributed by atoms with Gasteiger partial charge in [0.15, 0.2) is 27.1 Å². The number of ether oxygens (including phenoxy) is 2. The number of aliphatic hydroxyl groups is 1. The van der Waals surface area contributed by atoms with Crippen LogP contribution in [0.4, 0.5) is 5.69 Å². The molecule has 1 saturated heterocycles. The zero-order valence-corrected chi connectivity index (χ0v) is 16.6. The highest BCUT2D eigenvalue weighted by Gasteiger charge is 2.40. The molecule has 1 N–H and O–H groups in total. The summed E-state index contributed by atoms with van der Waals surface area (Å²) in [4.78, 5) is 14.6. The van der Waals surface area contributed by atoms with Crippen LogP contribution in [0.1, 0.15) is 10.4 Å². The van der Waals surface area contributed by atoms with E-state index in [1.54, 1.807) is 47.4 Å². The first-order valence-corrected chi connectivity index (χ1v) is 10.6. The molecule has 150 valence electrons. The highest BCUT2D eigenvalue weighted by molar-refractivity contribution is 7.91. The van der Waals surface area contributed by atoms with Crippen molar-refractivity contribution >= 4 is 21.3 Å². The molecule has 0 unspecified atom stereocenters. The molecule has 0 amide bonds. The molecule has 0 radical (unpaired) electrons. The molecule has 28 heavy (non-hydrogen) atoms. The Labute approximate surface area is 164 Å². The van der Waals surface area contributed by atoms with Gasteiger partial charge in [0.2, 0.25) is 0 Å². The molecule has 1 aliphatic heterocycles. The van der Waals surface area contributed by atoms with Crippen LogP contribution in [-0.2, 0) is 9.84 Å². The molecular formula is C20H23NO6S. The number of rotatable bonds is 7. The van der Waals surface area contributed by atoms with Gasteiger partial charge < -0.3 is 19.5 Å². The normalized spacial score (nSPS) is 20.5. The van der Waals surface area contributed by atoms with Crippen molar-refractivity contribution in [2.45, 2.75) is 12.1 Å². The molecule has 7 nitrogen and oxygen atoms in total. The van der Waals surface area contributed by atoms with Crippen LogP contribution in [0.15, 0.2) is 48.5 Å². The lowest BCUT2D eigenvalue weighted by Crippen LogP contribution is -2.46. The van der Waals surface area contributed by atoms with Crippen LogP contribution < -0.4 is 14.4 Å². The summed E-state index contributed by atoms with van der Waals surface area (Å²) >= 11 is 0. The van der Waals surface area contributed by atoms with E-state index in [1.807, 2.05) is 6.07 Å². The van der Waals surface area contributed by atoms with E-state index in [9.17, 15) is 18.3 Å². The number of carbonyl (C=O) groups is 1. The van der Waals surface area contributed by atoms with E-state index in [1.165, 1.54) is 14.2 Å². The van der Waals surface area contributed by atoms with Crippen LogP contribution in [0.2, 0.25) is 0 Å². The van der Waals surface area contributed by atoms with Crippen LogP contribution in [0.5, 0.6) is 11.5 Å². The van der Waals surface area contributed by atoms with Crippen LogP contribution in [0, 0.1) is 0 Å². The number of hydrogen-bond acceptors (Lipinski definition) is 7. The maximum Gasteiger partial charge on any atom is 0.182 e. The number of ketones is 1. The Bertz CT molecular complexity index is 944. The van der Waals surface area contributed by atoms with Gasteiger partial charge in [0.05, 0.1) is 44.4 Å². The van der Waals surface area contributed by atoms with Crippen molar-refractivity contribution in [2.24, 2.45) is 0 Å². The zero-order valence-electron chi connectivity index (χ0n) is 15.7. The van der Waals surface area contributed by atoms with Crippen LogP contribution in [0.3, 0.4) is 0 Å². The van der Waals surface area contributed by atoms with Crippen molar-refractivity contribution in [3.63, 3.8) is 0 Å². The zero-order chi connectivity index (χ0) is 20.3. The highest BCUT2D eigenvalue weighted by Crippen LogP contribution is 2.29. The summed E-state index contributed by atoms with van der Waals surface area (Å²) in [5.74, 6) is 0.231. The molecule has 2 aromatic carbocycles. The number of nitrogens with zero attached hydrogens (tertiary/aromatic N) is 1. The quantitative estimate of drug-likeness (QED) is 0.699. The van der Waals surface area contributed by atoms with Gasteiger partial charge in [0.25, 0.3) is 0 Å². The maximum atomic E-state index is 13.0. The van der Waals surface area contributed by atoms with Gasteiger partial charge in [-0.15, -0.1) is 0 Å². The molecule has 0 aliphatic carbocycles. The fourth-order valence-corrected chi connectivity index (χ4v) is 5.18. The molecule has 1 heterocycles. The molecule has 0 aromatic heterocycles. The van der Waals surface area contributed by atoms with Crippen molar-refractivity contribution in [2.75, 3.05) is 37.2 Å². The molecule has 0 bridgehead atoms. The molecule has 1 fully saturated rings. The molecule has 2 atom stereocenters. The first kappa shape index (κ1) is 20.2. The van der Waals surface area contributed by atoms with Gasteiger partial charge in [0, 0.05) is 11.3 Å². The lowest BCUT2D eigenvalue weighted by Gasteiger charge is -2.31. The van der Waals surface area contributed by atoms with Crippen LogP contribution in [0.25, 0.3) is 0 Å². The van der Waals surface area contributed by atoms with Crippen molar-refractivity contribution in [3.05, 3.63) is 54.1 Å². The van der Waals surface area contributed by atoms with E-state index in [-0.39, 0.29) is 23.8 Å². The summed E-state index contributed by atoms with van der Waals surface area (Å²) < 4.78 is 34.4. The number of aliphatic hydroxyl groups excluding tert-OH is 1. The summed E-state index contributed by atoms with van der Waals surface area (Å²) in [6, 6.07) is 13.2. The van der Waals surface area contributed by atoms with Gasteiger partial charge in [-0.3, -0.25) is 4.79 Å². The van der Waals surface area contributed by atoms with E-state index in [2.05, 4.69) is 0 Å². The van der Waals surface area contributed by atoms with Crippen molar-refractivity contribution in [3.8, 4) is 11.5 Å². The summed E-state index contributed by atoms with van der Waals surface area (Å²) in [6.45, 7) is -0.0727. The van der Waals surface area contributed by atoms with Gasteiger partial charge in [-0.2, -0.15) is 0 Å². The average molecular weight is 405 g/mol. The van der Waals surface area contributed by atoms with Crippen molar-refractivity contribution < 1.29 is 27.8 Å². The number of methoxy groups -OCH3 is 2. The minimum absolute atomic E-state index is 0.0727. The minimum atomic E-state index is -3.36. The maximum absolute atomic E-state index is 13.0. The smallest absolute Gasteiger partial charge is 0.182 e. The minimum Gasteiger partial charge on any atom is -0.493 e. The van der Waals surface area contributed by atoms with E-state index < -0.39 is 22.0 Å². The number of anilines is 1. The SMILES string of the molecule is COc1ccc(C(=O)CN(c2ccccc2)[C@H]2CS(=O)(=O)C[C@@H]2O)cc1OC. The predicted molar refractivity (Wildman–Crippen MR) is 106 cm³/mol. The topological polar surface area (TPSA) is 93.1 Å². The molecule has 8 heteroatoms. The molecular weight excluding hydrogens is 382 g/mol. The summed E-state index contributed by atoms with van der Waals surface area (Å²) in [5.41, 5.74) is 1.09. The number of para-hydroxylation sites is 1. The standard InChI is InChI=1S/C20H23NO6S/c1-26-19-9-8-14(10-20(19)27-2)17(22)11-21(15-6-4-3-5-7-15)16-12-28(24,25)13-18(16)23/h3-10,16,18,23H,11-13H2,1-2H3/t16-,18-/m0/s1. The Morgan fingerprint density at radius 1 is 1.07 bits per heavy atom. The fraction of sp³-hybridized carbons (Fsp3) is 0.350. The second-order valence-electron chi connectivity index (χ2n) is 6.67. The fourth-order valence-electron chi connectivity index (χ4n) is 3.38. The summed E-state index contributed by atoms with van der Waals surface area (Å²) in [5, 5.41) is 10.3. The van der Waals surface area contributed by atoms with Crippen molar-refractivity contribution in [1.29, 1.82) is 0 Å². The molecule has 2 aromatic rings. The monoisotopic (exact) mass is 405 g/mol. The first-order chi connectivity index (χ1) is 13.3. The highest BCUT2D eigenvalue weighted by atomic mass is 32.2. The molecule has 1 aliphatic rings. The lowest BCUT2D eigenvalue weighted by molar-refractivity contribution is 0.0990.